The Morgan fingerprint density at radius 1 is 0.758 bits per heavy atom. The number of aromatic nitrogens is 2. The van der Waals surface area contributed by atoms with E-state index in [0.717, 1.165) is 18.4 Å². The van der Waals surface area contributed by atoms with Gasteiger partial charge in [-0.2, -0.15) is 0 Å². The van der Waals surface area contributed by atoms with Crippen molar-refractivity contribution in [2.75, 3.05) is 6.54 Å². The van der Waals surface area contributed by atoms with Crippen molar-refractivity contribution in [2.24, 2.45) is 0 Å². The number of carbonyl (C=O) groups excluding carboxylic acids is 1. The molecule has 0 fully saturated rings. The van der Waals surface area contributed by atoms with Gasteiger partial charge in [0.2, 0.25) is 5.91 Å². The molecule has 0 bridgehead atoms. The van der Waals surface area contributed by atoms with Crippen molar-refractivity contribution in [2.45, 2.75) is 25.9 Å². The van der Waals surface area contributed by atoms with E-state index < -0.39 is 11.1 Å². The number of benzene rings is 3. The molecule has 0 unspecified atom stereocenters. The van der Waals surface area contributed by atoms with E-state index >= 15 is 0 Å². The number of hydrogen-bond donors (Lipinski definition) is 1. The van der Waals surface area contributed by atoms with Crippen LogP contribution in [0.4, 0.5) is 0 Å². The Bertz CT molecular complexity index is 1380. The normalized spacial score (nSPS) is 10.9. The molecule has 0 atom stereocenters. The number of nitrogens with one attached hydrogen (secondary N) is 1. The average molecular weight is 462 g/mol. The molecule has 4 aromatic rings. The molecular formula is C26H24ClN3O3. The first-order valence-corrected chi connectivity index (χ1v) is 11.2. The SMILES string of the molecule is O=C(Cn1c(=O)c(=O)n(Cc2ccc(Cl)cc2)c2ccccc21)NCCCc1ccccc1. The molecule has 33 heavy (non-hydrogen) atoms. The second kappa shape index (κ2) is 10.3. The number of nitrogens with zero attached hydrogens (tertiary/aromatic N) is 2. The van der Waals surface area contributed by atoms with Gasteiger partial charge in [-0.1, -0.05) is 66.2 Å². The molecule has 1 amide bonds. The van der Waals surface area contributed by atoms with Crippen LogP contribution >= 0.6 is 11.6 Å². The van der Waals surface area contributed by atoms with E-state index in [9.17, 15) is 14.4 Å². The van der Waals surface area contributed by atoms with Crippen LogP contribution in [0, 0.1) is 0 Å². The van der Waals surface area contributed by atoms with E-state index in [2.05, 4.69) is 5.32 Å². The van der Waals surface area contributed by atoms with E-state index in [1.807, 2.05) is 42.5 Å². The number of carbonyl (C=O) groups is 1. The molecule has 7 heteroatoms. The summed E-state index contributed by atoms with van der Waals surface area (Å²) >= 11 is 5.95. The van der Waals surface area contributed by atoms with E-state index in [1.54, 1.807) is 36.4 Å². The van der Waals surface area contributed by atoms with Crippen molar-refractivity contribution in [3.05, 3.63) is 116 Å². The second-order valence-electron chi connectivity index (χ2n) is 7.84. The van der Waals surface area contributed by atoms with Gasteiger partial charge in [-0.05, 0) is 48.2 Å². The Morgan fingerprint density at radius 2 is 1.36 bits per heavy atom. The summed E-state index contributed by atoms with van der Waals surface area (Å²) in [6.07, 6.45) is 1.64. The lowest BCUT2D eigenvalue weighted by atomic mass is 10.1. The third-order valence-corrected chi connectivity index (χ3v) is 5.75. The predicted octanol–water partition coefficient (Wildman–Crippen LogP) is 3.61. The van der Waals surface area contributed by atoms with E-state index in [-0.39, 0.29) is 19.0 Å². The maximum atomic E-state index is 12.9. The zero-order valence-electron chi connectivity index (χ0n) is 18.0. The van der Waals surface area contributed by atoms with Crippen LogP contribution < -0.4 is 16.4 Å². The molecule has 0 saturated carbocycles. The maximum Gasteiger partial charge on any atom is 0.317 e. The molecule has 0 saturated heterocycles. The van der Waals surface area contributed by atoms with Crippen LogP contribution in [0.25, 0.3) is 11.0 Å². The number of halogens is 1. The number of rotatable bonds is 8. The Labute approximate surface area is 196 Å². The van der Waals surface area contributed by atoms with Crippen LogP contribution in [0.15, 0.2) is 88.5 Å². The topological polar surface area (TPSA) is 73.1 Å². The standard InChI is InChI=1S/C26H24ClN3O3/c27-21-14-12-20(13-15-21)17-29-22-10-4-5-11-23(22)30(26(33)25(29)32)18-24(31)28-16-6-9-19-7-2-1-3-8-19/h1-5,7-8,10-15H,6,9,16-18H2,(H,28,31). The number of para-hydroxylation sites is 2. The Morgan fingerprint density at radius 3 is 2.06 bits per heavy atom. The van der Waals surface area contributed by atoms with Crippen LogP contribution in [0.2, 0.25) is 5.02 Å². The number of hydrogen-bond acceptors (Lipinski definition) is 3. The first kappa shape index (κ1) is 22.6. The Hall–Kier alpha value is -3.64. The molecular weight excluding hydrogens is 438 g/mol. The maximum absolute atomic E-state index is 12.9. The highest BCUT2D eigenvalue weighted by atomic mass is 35.5. The molecule has 0 spiro atoms. The zero-order valence-corrected chi connectivity index (χ0v) is 18.8. The lowest BCUT2D eigenvalue weighted by Gasteiger charge is -2.15. The van der Waals surface area contributed by atoms with Crippen molar-refractivity contribution in [1.82, 2.24) is 14.5 Å². The summed E-state index contributed by atoms with van der Waals surface area (Å²) in [6, 6.07) is 24.3. The smallest absolute Gasteiger partial charge is 0.317 e. The minimum absolute atomic E-state index is 0.207. The minimum Gasteiger partial charge on any atom is -0.355 e. The van der Waals surface area contributed by atoms with Gasteiger partial charge in [0.15, 0.2) is 0 Å². The molecule has 4 rings (SSSR count). The van der Waals surface area contributed by atoms with Gasteiger partial charge in [0, 0.05) is 11.6 Å². The molecule has 1 aromatic heterocycles. The molecule has 3 aromatic carbocycles. The highest BCUT2D eigenvalue weighted by Crippen LogP contribution is 2.14. The molecule has 0 radical (unpaired) electrons. The molecule has 0 aliphatic heterocycles. The summed E-state index contributed by atoms with van der Waals surface area (Å²) in [5.74, 6) is -0.301. The first-order valence-electron chi connectivity index (χ1n) is 10.8. The van der Waals surface area contributed by atoms with Gasteiger partial charge >= 0.3 is 11.1 Å². The Balaban J connectivity index is 1.52. The van der Waals surface area contributed by atoms with Crippen LogP contribution in [0.5, 0.6) is 0 Å². The third kappa shape index (κ3) is 5.41. The lowest BCUT2D eigenvalue weighted by Crippen LogP contribution is -2.44. The van der Waals surface area contributed by atoms with E-state index in [0.29, 0.717) is 22.6 Å². The summed E-state index contributed by atoms with van der Waals surface area (Å²) in [6.45, 7) is 0.522. The van der Waals surface area contributed by atoms with Gasteiger partial charge in [-0.15, -0.1) is 0 Å². The highest BCUT2D eigenvalue weighted by molar-refractivity contribution is 6.30. The van der Waals surface area contributed by atoms with Gasteiger partial charge in [-0.3, -0.25) is 23.5 Å². The Kier molecular flexibility index (Phi) is 7.05. The van der Waals surface area contributed by atoms with Crippen LogP contribution in [-0.4, -0.2) is 21.6 Å². The summed E-state index contributed by atoms with van der Waals surface area (Å²) in [7, 11) is 0. The quantitative estimate of drug-likeness (QED) is 0.322. The zero-order chi connectivity index (χ0) is 23.2. The highest BCUT2D eigenvalue weighted by Gasteiger charge is 2.15. The molecule has 1 N–H and O–H groups in total. The van der Waals surface area contributed by atoms with Crippen LogP contribution in [-0.2, 0) is 24.3 Å². The van der Waals surface area contributed by atoms with Crippen molar-refractivity contribution in [1.29, 1.82) is 0 Å². The van der Waals surface area contributed by atoms with E-state index in [4.69, 9.17) is 11.6 Å². The van der Waals surface area contributed by atoms with Gasteiger partial charge in [0.1, 0.15) is 6.54 Å². The summed E-state index contributed by atoms with van der Waals surface area (Å²) in [4.78, 5) is 38.4. The average Bonchev–Trinajstić information content (AvgIpc) is 2.84. The molecule has 0 aliphatic carbocycles. The fourth-order valence-electron chi connectivity index (χ4n) is 3.82. The number of amides is 1. The summed E-state index contributed by atoms with van der Waals surface area (Å²) in [5, 5.41) is 3.45. The van der Waals surface area contributed by atoms with Crippen molar-refractivity contribution in [3.63, 3.8) is 0 Å². The van der Waals surface area contributed by atoms with Gasteiger partial charge in [0.25, 0.3) is 0 Å². The minimum atomic E-state index is -0.720. The largest absolute Gasteiger partial charge is 0.355 e. The summed E-state index contributed by atoms with van der Waals surface area (Å²) < 4.78 is 2.69. The van der Waals surface area contributed by atoms with Crippen LogP contribution in [0.3, 0.4) is 0 Å². The van der Waals surface area contributed by atoms with Gasteiger partial charge in [0.05, 0.1) is 17.6 Å². The molecule has 168 valence electrons. The predicted molar refractivity (Wildman–Crippen MR) is 131 cm³/mol. The van der Waals surface area contributed by atoms with Gasteiger partial charge in [-0.25, -0.2) is 0 Å². The molecule has 0 aliphatic rings. The fraction of sp³-hybridized carbons (Fsp3) is 0.192. The molecule has 6 nitrogen and oxygen atoms in total. The van der Waals surface area contributed by atoms with Crippen molar-refractivity contribution in [3.8, 4) is 0 Å². The van der Waals surface area contributed by atoms with Crippen molar-refractivity contribution < 1.29 is 4.79 Å². The first-order chi connectivity index (χ1) is 16.0. The van der Waals surface area contributed by atoms with Gasteiger partial charge < -0.3 is 5.32 Å². The fourth-order valence-corrected chi connectivity index (χ4v) is 3.95. The molecule has 1 heterocycles. The lowest BCUT2D eigenvalue weighted by molar-refractivity contribution is -0.121. The monoisotopic (exact) mass is 461 g/mol. The summed E-state index contributed by atoms with van der Waals surface area (Å²) in [5.41, 5.74) is 1.80. The van der Waals surface area contributed by atoms with E-state index in [1.165, 1.54) is 14.7 Å². The number of fused-ring (bicyclic) bond motifs is 1. The van der Waals surface area contributed by atoms with Crippen LogP contribution in [0.1, 0.15) is 17.5 Å². The second-order valence-corrected chi connectivity index (χ2v) is 8.27. The number of aryl methyl sites for hydroxylation is 1. The van der Waals surface area contributed by atoms with Crippen molar-refractivity contribution >= 4 is 28.5 Å². The third-order valence-electron chi connectivity index (χ3n) is 5.50.